The normalized spacial score (nSPS) is 14.3. The molecule has 1 saturated carbocycles. The highest BCUT2D eigenvalue weighted by molar-refractivity contribution is 7.09. The van der Waals surface area contributed by atoms with Gasteiger partial charge in [-0.05, 0) is 54.2 Å². The first-order valence-corrected chi connectivity index (χ1v) is 13.6. The number of anilines is 3. The summed E-state index contributed by atoms with van der Waals surface area (Å²) >= 11 is 0.775. The number of rotatable bonds is 9. The second-order valence-corrected chi connectivity index (χ2v) is 10.5. The fourth-order valence-electron chi connectivity index (χ4n) is 4.78. The molecule has 4 rings (SSSR count). The van der Waals surface area contributed by atoms with Crippen molar-refractivity contribution in [3.63, 3.8) is 0 Å². The van der Waals surface area contributed by atoms with Crippen LogP contribution in [0.2, 0.25) is 0 Å². The second kappa shape index (κ2) is 12.2. The predicted octanol–water partition coefficient (Wildman–Crippen LogP) is 3.74. The molecule has 1 aliphatic rings. The lowest BCUT2D eigenvalue weighted by molar-refractivity contribution is -0.123. The first-order valence-electron chi connectivity index (χ1n) is 12.8. The van der Waals surface area contributed by atoms with Crippen molar-refractivity contribution in [3.8, 4) is 5.75 Å². The second-order valence-electron chi connectivity index (χ2n) is 9.75. The van der Waals surface area contributed by atoms with Crippen LogP contribution in [0.4, 0.5) is 17.1 Å². The Hall–Kier alpha value is -4.12. The van der Waals surface area contributed by atoms with E-state index in [1.807, 2.05) is 43.3 Å². The van der Waals surface area contributed by atoms with E-state index in [1.165, 1.54) is 12.0 Å². The molecule has 1 aromatic heterocycles. The molecule has 206 valence electrons. The van der Waals surface area contributed by atoms with Gasteiger partial charge in [0.25, 0.3) is 11.8 Å². The number of nitrogens with one attached hydrogen (secondary N) is 1. The maximum absolute atomic E-state index is 14.2. The Bertz CT molecular complexity index is 1330. The number of hydrogen-bond donors (Lipinski definition) is 3. The van der Waals surface area contributed by atoms with Gasteiger partial charge in [-0.2, -0.15) is 4.37 Å². The van der Waals surface area contributed by atoms with E-state index >= 15 is 0 Å². The van der Waals surface area contributed by atoms with Crippen LogP contribution in [0.25, 0.3) is 0 Å². The Morgan fingerprint density at radius 1 is 1.05 bits per heavy atom. The third-order valence-corrected chi connectivity index (χ3v) is 7.74. The van der Waals surface area contributed by atoms with E-state index in [2.05, 4.69) is 9.69 Å². The van der Waals surface area contributed by atoms with Gasteiger partial charge in [-0.1, -0.05) is 37.5 Å². The molecule has 3 aromatic rings. The summed E-state index contributed by atoms with van der Waals surface area (Å²) in [6.07, 6.45) is 4.99. The van der Waals surface area contributed by atoms with E-state index in [-0.39, 0.29) is 28.2 Å². The fraction of sp³-hybridized carbons (Fsp3) is 0.357. The van der Waals surface area contributed by atoms with E-state index < -0.39 is 17.9 Å². The molecule has 1 aliphatic carbocycles. The molecule has 0 bridgehead atoms. The van der Waals surface area contributed by atoms with E-state index in [1.54, 1.807) is 24.3 Å². The van der Waals surface area contributed by atoms with E-state index in [9.17, 15) is 14.4 Å². The lowest BCUT2D eigenvalue weighted by Gasteiger charge is -2.33. The molecule has 0 saturated heterocycles. The highest BCUT2D eigenvalue weighted by Crippen LogP contribution is 2.35. The molecule has 0 radical (unpaired) electrons. The highest BCUT2D eigenvalue weighted by atomic mass is 32.1. The Balaban J connectivity index is 1.86. The molecule has 5 N–H and O–H groups in total. The van der Waals surface area contributed by atoms with Crippen LogP contribution < -0.4 is 31.3 Å². The third kappa shape index (κ3) is 6.14. The first kappa shape index (κ1) is 27.9. The average molecular weight is 551 g/mol. The minimum Gasteiger partial charge on any atom is -0.497 e. The van der Waals surface area contributed by atoms with Crippen molar-refractivity contribution in [2.45, 2.75) is 44.2 Å². The Morgan fingerprint density at radius 2 is 1.74 bits per heavy atom. The number of amides is 3. The highest BCUT2D eigenvalue weighted by Gasteiger charge is 2.37. The number of nitrogens with two attached hydrogens (primary N) is 2. The minimum absolute atomic E-state index is 0.0204. The van der Waals surface area contributed by atoms with Gasteiger partial charge in [0.2, 0.25) is 5.91 Å². The Morgan fingerprint density at radius 3 is 2.33 bits per heavy atom. The molecule has 1 atom stereocenters. The van der Waals surface area contributed by atoms with Gasteiger partial charge in [0, 0.05) is 37.6 Å². The smallest absolute Gasteiger partial charge is 0.273 e. The number of benzene rings is 2. The van der Waals surface area contributed by atoms with Gasteiger partial charge in [-0.25, -0.2) is 0 Å². The molecule has 39 heavy (non-hydrogen) atoms. The fourth-order valence-corrected chi connectivity index (χ4v) is 5.52. The summed E-state index contributed by atoms with van der Waals surface area (Å²) in [4.78, 5) is 43.5. The topological polar surface area (TPSA) is 144 Å². The van der Waals surface area contributed by atoms with Crippen LogP contribution in [0.5, 0.6) is 5.75 Å². The summed E-state index contributed by atoms with van der Waals surface area (Å²) in [5, 5.41) is 3.19. The maximum atomic E-state index is 14.2. The van der Waals surface area contributed by atoms with Crippen molar-refractivity contribution in [3.05, 3.63) is 64.7 Å². The summed E-state index contributed by atoms with van der Waals surface area (Å²) in [5.41, 5.74) is 13.3. The molecule has 10 nitrogen and oxygen atoms in total. The van der Waals surface area contributed by atoms with E-state index in [0.29, 0.717) is 17.0 Å². The number of nitrogen functional groups attached to an aromatic ring is 1. The van der Waals surface area contributed by atoms with Gasteiger partial charge in [-0.15, -0.1) is 0 Å². The van der Waals surface area contributed by atoms with Gasteiger partial charge < -0.3 is 26.4 Å². The molecule has 0 spiro atoms. The summed E-state index contributed by atoms with van der Waals surface area (Å²) in [6.45, 7) is 0. The Labute approximate surface area is 232 Å². The largest absolute Gasteiger partial charge is 0.497 e. The average Bonchev–Trinajstić information content (AvgIpc) is 3.33. The number of methoxy groups -OCH3 is 1. The molecular weight excluding hydrogens is 516 g/mol. The van der Waals surface area contributed by atoms with Crippen LogP contribution >= 0.6 is 11.5 Å². The molecule has 0 aliphatic heterocycles. The van der Waals surface area contributed by atoms with Crippen molar-refractivity contribution in [1.29, 1.82) is 0 Å². The number of primary amides is 1. The zero-order valence-corrected chi connectivity index (χ0v) is 23.2. The third-order valence-electron chi connectivity index (χ3n) is 6.89. The lowest BCUT2D eigenvalue weighted by Crippen LogP contribution is -2.47. The molecule has 11 heteroatoms. The molecule has 1 fully saturated rings. The van der Waals surface area contributed by atoms with Crippen molar-refractivity contribution in [2.24, 2.45) is 5.73 Å². The van der Waals surface area contributed by atoms with Crippen molar-refractivity contribution in [1.82, 2.24) is 9.69 Å². The summed E-state index contributed by atoms with van der Waals surface area (Å²) < 4.78 is 9.43. The van der Waals surface area contributed by atoms with Crippen LogP contribution in [-0.4, -0.2) is 49.3 Å². The monoisotopic (exact) mass is 550 g/mol. The zero-order chi connectivity index (χ0) is 28.1. The SMILES string of the molecule is COc1cccc(N(C(=O)c2snc(C(N)=O)c2N)[C@@H](C(=O)NC2CCCCC2)c2ccc(N(C)C)cc2)c1. The van der Waals surface area contributed by atoms with Crippen LogP contribution in [0.3, 0.4) is 0 Å². The van der Waals surface area contributed by atoms with Gasteiger partial charge in [-0.3, -0.25) is 19.3 Å². The maximum Gasteiger partial charge on any atom is 0.273 e. The zero-order valence-electron chi connectivity index (χ0n) is 22.3. The van der Waals surface area contributed by atoms with Crippen molar-refractivity contribution in [2.75, 3.05) is 36.7 Å². The van der Waals surface area contributed by atoms with Gasteiger partial charge >= 0.3 is 0 Å². The van der Waals surface area contributed by atoms with Crippen LogP contribution in [0, 0.1) is 0 Å². The van der Waals surface area contributed by atoms with Crippen LogP contribution in [-0.2, 0) is 4.79 Å². The molecule has 3 amide bonds. The lowest BCUT2D eigenvalue weighted by atomic mass is 9.94. The van der Waals surface area contributed by atoms with E-state index in [4.69, 9.17) is 16.2 Å². The van der Waals surface area contributed by atoms with Crippen LogP contribution in [0.1, 0.15) is 63.9 Å². The number of nitrogens with zero attached hydrogens (tertiary/aromatic N) is 3. The summed E-state index contributed by atoms with van der Waals surface area (Å²) in [7, 11) is 5.38. The first-order chi connectivity index (χ1) is 18.7. The van der Waals surface area contributed by atoms with Crippen molar-refractivity contribution >= 4 is 46.3 Å². The molecule has 2 aromatic carbocycles. The number of aromatic nitrogens is 1. The number of hydrogen-bond acceptors (Lipinski definition) is 8. The predicted molar refractivity (Wildman–Crippen MR) is 153 cm³/mol. The van der Waals surface area contributed by atoms with Gasteiger partial charge in [0.05, 0.1) is 12.8 Å². The quantitative estimate of drug-likeness (QED) is 0.368. The summed E-state index contributed by atoms with van der Waals surface area (Å²) in [5.74, 6) is -1.21. The van der Waals surface area contributed by atoms with E-state index in [0.717, 1.165) is 49.3 Å². The molecular formula is C28H34N6O4S. The standard InChI is InChI=1S/C28H34N6O4S/c1-33(2)19-14-12-17(13-15-19)24(27(36)31-18-8-5-4-6-9-18)34(20-10-7-11-21(16-20)38-3)28(37)25-22(29)23(26(30)35)32-39-25/h7,10-16,18,24H,4-6,8-9,29H2,1-3H3,(H2,30,35)(H,31,36)/t24-/m1/s1. The number of ether oxygens (including phenoxy) is 1. The number of carbonyl (C=O) groups is 3. The van der Waals surface area contributed by atoms with Gasteiger partial charge in [0.15, 0.2) is 5.69 Å². The van der Waals surface area contributed by atoms with Gasteiger partial charge in [0.1, 0.15) is 16.7 Å². The Kier molecular flexibility index (Phi) is 8.70. The summed E-state index contributed by atoms with van der Waals surface area (Å²) in [6, 6.07) is 13.4. The van der Waals surface area contributed by atoms with Crippen molar-refractivity contribution < 1.29 is 19.1 Å². The minimum atomic E-state index is -1.04. The molecule has 0 unspecified atom stereocenters. The number of carbonyl (C=O) groups excluding carboxylic acids is 3. The molecule has 1 heterocycles. The van der Waals surface area contributed by atoms with Crippen LogP contribution in [0.15, 0.2) is 48.5 Å².